The number of rotatable bonds is 6. The molecule has 1 fully saturated rings. The number of carbonyl (C=O) groups is 1. The second-order valence-electron chi connectivity index (χ2n) is 7.14. The van der Waals surface area contributed by atoms with E-state index < -0.39 is 15.8 Å². The van der Waals surface area contributed by atoms with Gasteiger partial charge in [-0.25, -0.2) is 17.6 Å². The smallest absolute Gasteiger partial charge is 0.317 e. The van der Waals surface area contributed by atoms with Crippen LogP contribution in [0, 0.1) is 5.82 Å². The fraction of sp³-hybridized carbons (Fsp3) is 0.381. The first-order valence-electron chi connectivity index (χ1n) is 9.95. The maximum absolute atomic E-state index is 13.3. The van der Waals surface area contributed by atoms with Gasteiger partial charge in [-0.1, -0.05) is 17.7 Å². The average Bonchev–Trinajstić information content (AvgIpc) is 2.76. The van der Waals surface area contributed by atoms with Crippen molar-refractivity contribution >= 4 is 27.7 Å². The molecule has 1 aliphatic rings. The monoisotopic (exact) mass is 469 g/mol. The number of hydrogen-bond donors (Lipinski definition) is 1. The molecule has 168 valence electrons. The van der Waals surface area contributed by atoms with Crippen LogP contribution in [0.1, 0.15) is 25.5 Å². The van der Waals surface area contributed by atoms with Gasteiger partial charge in [0.25, 0.3) is 0 Å². The summed E-state index contributed by atoms with van der Waals surface area (Å²) in [7, 11) is -3.65. The predicted molar refractivity (Wildman–Crippen MR) is 116 cm³/mol. The van der Waals surface area contributed by atoms with Crippen LogP contribution in [0.2, 0.25) is 5.02 Å². The number of urea groups is 1. The molecule has 31 heavy (non-hydrogen) atoms. The number of piperazine rings is 1. The first-order valence-corrected chi connectivity index (χ1v) is 11.8. The van der Waals surface area contributed by atoms with Gasteiger partial charge in [0.2, 0.25) is 10.0 Å². The van der Waals surface area contributed by atoms with E-state index in [-0.39, 0.29) is 48.2 Å². The SMILES string of the molecule is CCOc1ccc(S(=O)(=O)N2CCN(C(=O)NC(C)c3ccc(F)c(Cl)c3)CC2)cc1. The van der Waals surface area contributed by atoms with Crippen molar-refractivity contribution in [3.8, 4) is 5.75 Å². The Morgan fingerprint density at radius 2 is 1.81 bits per heavy atom. The van der Waals surface area contributed by atoms with E-state index in [1.807, 2.05) is 6.92 Å². The van der Waals surface area contributed by atoms with Crippen molar-refractivity contribution in [1.29, 1.82) is 0 Å². The summed E-state index contributed by atoms with van der Waals surface area (Å²) < 4.78 is 45.8. The lowest BCUT2D eigenvalue weighted by Gasteiger charge is -2.34. The van der Waals surface area contributed by atoms with Gasteiger partial charge in [0.05, 0.1) is 22.6 Å². The van der Waals surface area contributed by atoms with Gasteiger partial charge >= 0.3 is 6.03 Å². The van der Waals surface area contributed by atoms with Crippen molar-refractivity contribution in [3.05, 3.63) is 58.9 Å². The Kier molecular flexibility index (Phi) is 7.40. The quantitative estimate of drug-likeness (QED) is 0.700. The summed E-state index contributed by atoms with van der Waals surface area (Å²) in [5, 5.41) is 2.83. The fourth-order valence-corrected chi connectivity index (χ4v) is 4.91. The molecule has 3 rings (SSSR count). The highest BCUT2D eigenvalue weighted by Gasteiger charge is 2.30. The van der Waals surface area contributed by atoms with Crippen molar-refractivity contribution in [2.24, 2.45) is 0 Å². The zero-order chi connectivity index (χ0) is 22.6. The third-order valence-electron chi connectivity index (χ3n) is 5.08. The third kappa shape index (κ3) is 5.47. The van der Waals surface area contributed by atoms with Crippen LogP contribution in [-0.4, -0.2) is 56.4 Å². The number of amides is 2. The van der Waals surface area contributed by atoms with Gasteiger partial charge in [0, 0.05) is 26.2 Å². The number of carbonyl (C=O) groups excluding carboxylic acids is 1. The molecule has 10 heteroatoms. The van der Waals surface area contributed by atoms with Crippen molar-refractivity contribution in [3.63, 3.8) is 0 Å². The van der Waals surface area contributed by atoms with Gasteiger partial charge in [-0.3, -0.25) is 0 Å². The van der Waals surface area contributed by atoms with Crippen LogP contribution in [-0.2, 0) is 10.0 Å². The van der Waals surface area contributed by atoms with Crippen LogP contribution < -0.4 is 10.1 Å². The van der Waals surface area contributed by atoms with E-state index in [0.29, 0.717) is 17.9 Å². The van der Waals surface area contributed by atoms with Crippen LogP contribution in [0.5, 0.6) is 5.75 Å². The molecule has 0 aliphatic carbocycles. The topological polar surface area (TPSA) is 79.0 Å². The summed E-state index contributed by atoms with van der Waals surface area (Å²) in [5.41, 5.74) is 0.677. The standard InChI is InChI=1S/C21H25ClFN3O4S/c1-3-30-17-5-7-18(8-6-17)31(28,29)26-12-10-25(11-13-26)21(27)24-15(2)16-4-9-20(23)19(22)14-16/h4-9,14-15H,3,10-13H2,1-2H3,(H,24,27). The van der Waals surface area contributed by atoms with Crippen LogP contribution in [0.4, 0.5) is 9.18 Å². The Morgan fingerprint density at radius 1 is 1.16 bits per heavy atom. The van der Waals surface area contributed by atoms with Gasteiger partial charge in [0.15, 0.2) is 0 Å². The van der Waals surface area contributed by atoms with Crippen molar-refractivity contribution in [1.82, 2.24) is 14.5 Å². The van der Waals surface area contributed by atoms with Crippen LogP contribution in [0.3, 0.4) is 0 Å². The molecule has 2 aromatic rings. The summed E-state index contributed by atoms with van der Waals surface area (Å²) in [6, 6.07) is 9.90. The minimum atomic E-state index is -3.65. The van der Waals surface area contributed by atoms with Gasteiger partial charge in [0.1, 0.15) is 11.6 Å². The maximum Gasteiger partial charge on any atom is 0.317 e. The molecule has 0 aromatic heterocycles. The van der Waals surface area contributed by atoms with Gasteiger partial charge in [-0.15, -0.1) is 0 Å². The molecule has 0 saturated carbocycles. The van der Waals surface area contributed by atoms with Crippen LogP contribution in [0.15, 0.2) is 47.4 Å². The molecule has 7 nitrogen and oxygen atoms in total. The van der Waals surface area contributed by atoms with E-state index >= 15 is 0 Å². The zero-order valence-corrected chi connectivity index (χ0v) is 18.9. The molecular weight excluding hydrogens is 445 g/mol. The van der Waals surface area contributed by atoms with Crippen molar-refractivity contribution < 1.29 is 22.3 Å². The van der Waals surface area contributed by atoms with E-state index in [4.69, 9.17) is 16.3 Å². The Morgan fingerprint density at radius 3 is 2.39 bits per heavy atom. The number of sulfonamides is 1. The molecule has 2 aromatic carbocycles. The molecule has 0 spiro atoms. The number of benzene rings is 2. The molecule has 1 unspecified atom stereocenters. The summed E-state index contributed by atoms with van der Waals surface area (Å²) >= 11 is 5.81. The fourth-order valence-electron chi connectivity index (χ4n) is 3.30. The molecule has 2 amide bonds. The second-order valence-corrected chi connectivity index (χ2v) is 9.49. The summed E-state index contributed by atoms with van der Waals surface area (Å²) in [4.78, 5) is 14.3. The Labute approximate surface area is 186 Å². The third-order valence-corrected chi connectivity index (χ3v) is 7.28. The highest BCUT2D eigenvalue weighted by Crippen LogP contribution is 2.23. The molecule has 0 radical (unpaired) electrons. The second kappa shape index (κ2) is 9.84. The first-order chi connectivity index (χ1) is 14.7. The molecule has 1 N–H and O–H groups in total. The van der Waals surface area contributed by atoms with E-state index in [9.17, 15) is 17.6 Å². The molecule has 1 aliphatic heterocycles. The van der Waals surface area contributed by atoms with Crippen LogP contribution >= 0.6 is 11.6 Å². The van der Waals surface area contributed by atoms with Crippen molar-refractivity contribution in [2.75, 3.05) is 32.8 Å². The molecular formula is C21H25ClFN3O4S. The van der Waals surface area contributed by atoms with Gasteiger partial charge in [-0.05, 0) is 55.8 Å². The highest BCUT2D eigenvalue weighted by atomic mass is 35.5. The highest BCUT2D eigenvalue weighted by molar-refractivity contribution is 7.89. The molecule has 1 heterocycles. The largest absolute Gasteiger partial charge is 0.494 e. The Bertz CT molecular complexity index is 1030. The van der Waals surface area contributed by atoms with Gasteiger partial charge < -0.3 is 15.0 Å². The minimum Gasteiger partial charge on any atom is -0.494 e. The Hall–Kier alpha value is -2.36. The predicted octanol–water partition coefficient (Wildman–Crippen LogP) is 3.65. The van der Waals surface area contributed by atoms with Gasteiger partial charge in [-0.2, -0.15) is 4.31 Å². The maximum atomic E-state index is 13.3. The van der Waals surface area contributed by atoms with E-state index in [1.165, 1.54) is 28.6 Å². The average molecular weight is 470 g/mol. The number of ether oxygens (including phenoxy) is 1. The van der Waals surface area contributed by atoms with Crippen molar-refractivity contribution in [2.45, 2.75) is 24.8 Å². The minimum absolute atomic E-state index is 0.00768. The lowest BCUT2D eigenvalue weighted by Crippen LogP contribution is -2.53. The Balaban J connectivity index is 1.57. The molecule has 0 bridgehead atoms. The number of hydrogen-bond acceptors (Lipinski definition) is 4. The molecule has 1 atom stereocenters. The summed E-state index contributed by atoms with van der Waals surface area (Å²) in [6.07, 6.45) is 0. The summed E-state index contributed by atoms with van der Waals surface area (Å²) in [6.45, 7) is 5.05. The summed E-state index contributed by atoms with van der Waals surface area (Å²) in [5.74, 6) is 0.0910. The lowest BCUT2D eigenvalue weighted by atomic mass is 10.1. The van der Waals surface area contributed by atoms with E-state index in [1.54, 1.807) is 30.0 Å². The number of nitrogens with one attached hydrogen (secondary N) is 1. The van der Waals surface area contributed by atoms with Crippen LogP contribution in [0.25, 0.3) is 0 Å². The first kappa shape index (κ1) is 23.3. The van der Waals surface area contributed by atoms with E-state index in [2.05, 4.69) is 5.32 Å². The number of halogens is 2. The number of nitrogens with zero attached hydrogens (tertiary/aromatic N) is 2. The lowest BCUT2D eigenvalue weighted by molar-refractivity contribution is 0.169. The molecule has 1 saturated heterocycles. The zero-order valence-electron chi connectivity index (χ0n) is 17.3. The normalized spacial score (nSPS) is 16.1. The van der Waals surface area contributed by atoms with E-state index in [0.717, 1.165) is 0 Å².